The second-order valence-electron chi connectivity index (χ2n) is 14.3. The van der Waals surface area contributed by atoms with Crippen molar-refractivity contribution >= 4 is 17.9 Å². The van der Waals surface area contributed by atoms with Crippen LogP contribution in [0.3, 0.4) is 0 Å². The summed E-state index contributed by atoms with van der Waals surface area (Å²) in [5.41, 5.74) is 3.12. The predicted molar refractivity (Wildman–Crippen MR) is 197 cm³/mol. The molecule has 0 spiro atoms. The van der Waals surface area contributed by atoms with Gasteiger partial charge in [-0.1, -0.05) is 6.92 Å². The van der Waals surface area contributed by atoms with Crippen LogP contribution in [0.15, 0.2) is 97.1 Å². The first-order chi connectivity index (χ1) is 22.8. The fourth-order valence-electron chi connectivity index (χ4n) is 6.48. The Kier molecular flexibility index (Phi) is 12.5. The van der Waals surface area contributed by atoms with Crippen LogP contribution in [0.4, 0.5) is 0 Å². The number of benzene rings is 4. The van der Waals surface area contributed by atoms with E-state index < -0.39 is 18.1 Å². The van der Waals surface area contributed by atoms with Crippen LogP contribution in [-0.4, -0.2) is 16.8 Å². The summed E-state index contributed by atoms with van der Waals surface area (Å²) in [6.07, 6.45) is 11.5. The van der Waals surface area contributed by atoms with E-state index >= 15 is 0 Å². The zero-order valence-corrected chi connectivity index (χ0v) is 30.5. The third kappa shape index (κ3) is 8.87. The summed E-state index contributed by atoms with van der Waals surface area (Å²) >= 11 is 0. The van der Waals surface area contributed by atoms with Crippen molar-refractivity contribution in [3.05, 3.63) is 119 Å². The second kappa shape index (κ2) is 16.0. The summed E-state index contributed by atoms with van der Waals surface area (Å²) in [4.78, 5) is 30.0. The van der Waals surface area contributed by atoms with Crippen molar-refractivity contribution in [1.29, 1.82) is 0 Å². The van der Waals surface area contributed by atoms with Crippen LogP contribution in [0.1, 0.15) is 121 Å². The molecule has 48 heavy (non-hydrogen) atoms. The summed E-state index contributed by atoms with van der Waals surface area (Å²) < 4.78 is 6.07. The van der Waals surface area contributed by atoms with Crippen molar-refractivity contribution in [3.63, 3.8) is 0 Å². The molecule has 260 valence electrons. The molecule has 0 aliphatic heterocycles. The van der Waals surface area contributed by atoms with Gasteiger partial charge in [0.1, 0.15) is 0 Å². The third-order valence-corrected chi connectivity index (χ3v) is 13.1. The number of phenolic OH excluding ortho intramolecular Hbond substituents is 2. The van der Waals surface area contributed by atoms with Gasteiger partial charge in [-0.3, -0.25) is 0 Å². The van der Waals surface area contributed by atoms with Gasteiger partial charge in [0.05, 0.1) is 0 Å². The Balaban J connectivity index is 1.56. The Morgan fingerprint density at radius 1 is 0.479 bits per heavy atom. The SMILES string of the molecule is CCCCCCCCCCCCOP([O-])([O-])(c1ccc(C(C)(C)c2ccc(O)cc2)cc1)c1ccc(C(C)(C)c2ccc(O)cc2)cc1. The van der Waals surface area contributed by atoms with Gasteiger partial charge in [-0.15, -0.1) is 0 Å². The molecule has 6 heteroatoms. The first kappa shape index (κ1) is 37.6. The van der Waals surface area contributed by atoms with Gasteiger partial charge in [0, 0.05) is 0 Å². The molecule has 0 aliphatic carbocycles. The molecular weight excluding hydrogens is 615 g/mol. The summed E-state index contributed by atoms with van der Waals surface area (Å²) in [6, 6.07) is 28.4. The van der Waals surface area contributed by atoms with Crippen LogP contribution >= 0.6 is 7.28 Å². The molecule has 0 heterocycles. The van der Waals surface area contributed by atoms with E-state index in [-0.39, 0.29) is 28.7 Å². The molecule has 4 aromatic rings. The van der Waals surface area contributed by atoms with E-state index in [1.807, 2.05) is 48.5 Å². The van der Waals surface area contributed by atoms with Gasteiger partial charge in [0.2, 0.25) is 0 Å². The minimum atomic E-state index is -5.51. The first-order valence-electron chi connectivity index (χ1n) is 17.7. The molecule has 4 aromatic carbocycles. The van der Waals surface area contributed by atoms with Crippen LogP contribution < -0.4 is 20.4 Å². The number of unbranched alkanes of at least 4 members (excludes halogenated alkanes) is 9. The van der Waals surface area contributed by atoms with Gasteiger partial charge < -0.3 is 0 Å². The van der Waals surface area contributed by atoms with Crippen LogP contribution in [0.2, 0.25) is 0 Å². The molecule has 0 fully saturated rings. The number of rotatable bonds is 18. The fraction of sp³-hybridized carbons (Fsp3) is 0.429. The van der Waals surface area contributed by atoms with E-state index in [1.165, 1.54) is 44.9 Å². The van der Waals surface area contributed by atoms with Gasteiger partial charge in [0.25, 0.3) is 0 Å². The van der Waals surface area contributed by atoms with Crippen molar-refractivity contribution in [3.8, 4) is 11.5 Å². The van der Waals surface area contributed by atoms with Gasteiger partial charge in [0.15, 0.2) is 0 Å². The first-order valence-corrected chi connectivity index (χ1v) is 19.7. The van der Waals surface area contributed by atoms with Crippen LogP contribution in [-0.2, 0) is 15.4 Å². The normalized spacial score (nSPS) is 13.3. The molecule has 0 amide bonds. The second-order valence-corrected chi connectivity index (χ2v) is 17.4. The quantitative estimate of drug-likeness (QED) is 0.0816. The van der Waals surface area contributed by atoms with E-state index in [4.69, 9.17) is 4.52 Å². The number of hydrogen-bond acceptors (Lipinski definition) is 5. The van der Waals surface area contributed by atoms with E-state index in [9.17, 15) is 20.0 Å². The zero-order chi connectivity index (χ0) is 34.9. The minimum absolute atomic E-state index is 0.128. The molecule has 0 aromatic heterocycles. The Bertz CT molecular complexity index is 1450. The Morgan fingerprint density at radius 3 is 1.10 bits per heavy atom. The Morgan fingerprint density at radius 2 is 0.771 bits per heavy atom. The predicted octanol–water partition coefficient (Wildman–Crippen LogP) is 8.66. The van der Waals surface area contributed by atoms with Crippen molar-refractivity contribution in [2.75, 3.05) is 6.61 Å². The molecule has 0 unspecified atom stereocenters. The molecule has 0 bridgehead atoms. The van der Waals surface area contributed by atoms with E-state index in [0.29, 0.717) is 6.42 Å². The number of phenols is 2. The number of aromatic hydroxyl groups is 2. The molecule has 0 aliphatic rings. The number of hydrogen-bond donors (Lipinski definition) is 2. The van der Waals surface area contributed by atoms with Crippen molar-refractivity contribution in [1.82, 2.24) is 0 Å². The molecule has 2 N–H and O–H groups in total. The van der Waals surface area contributed by atoms with Crippen molar-refractivity contribution < 1.29 is 24.5 Å². The van der Waals surface area contributed by atoms with Gasteiger partial charge in [-0.25, -0.2) is 0 Å². The Hall–Kier alpha value is -3.21. The summed E-state index contributed by atoms with van der Waals surface area (Å²) in [6.45, 7) is 10.7. The zero-order valence-electron chi connectivity index (χ0n) is 29.6. The van der Waals surface area contributed by atoms with Crippen LogP contribution in [0.25, 0.3) is 0 Å². The van der Waals surface area contributed by atoms with Gasteiger partial charge >= 0.3 is 283 Å². The maximum absolute atomic E-state index is 15.0. The van der Waals surface area contributed by atoms with Crippen LogP contribution in [0.5, 0.6) is 11.5 Å². The Labute approximate surface area is 288 Å². The molecule has 0 radical (unpaired) electrons. The topological polar surface area (TPSA) is 95.8 Å². The summed E-state index contributed by atoms with van der Waals surface area (Å²) in [5.74, 6) is 0.411. The molecule has 5 nitrogen and oxygen atoms in total. The monoisotopic (exact) mass is 670 g/mol. The van der Waals surface area contributed by atoms with E-state index in [0.717, 1.165) is 35.1 Å². The maximum atomic E-state index is 15.0. The molecule has 0 saturated carbocycles. The summed E-state index contributed by atoms with van der Waals surface area (Å²) in [5, 5.41) is 19.8. The molecule has 0 saturated heterocycles. The van der Waals surface area contributed by atoms with Crippen LogP contribution in [0, 0.1) is 0 Å². The van der Waals surface area contributed by atoms with Gasteiger partial charge in [-0.05, 0) is 0 Å². The summed E-state index contributed by atoms with van der Waals surface area (Å²) in [7, 11) is -5.51. The molecule has 4 rings (SSSR count). The molecule has 0 atom stereocenters. The fourth-order valence-corrected chi connectivity index (χ4v) is 8.86. The third-order valence-electron chi connectivity index (χ3n) is 10.1. The molecular formula is C42H55O5P-2. The van der Waals surface area contributed by atoms with E-state index in [1.54, 1.807) is 48.5 Å². The van der Waals surface area contributed by atoms with Crippen molar-refractivity contribution in [2.45, 2.75) is 110 Å². The van der Waals surface area contributed by atoms with Gasteiger partial charge in [-0.2, -0.15) is 0 Å². The standard InChI is InChI=1S/C42H55O5P/c1-6-7-8-9-10-11-12-13-14-15-32-47-48(45,46,39-28-20-35(21-29-39)41(2,3)33-16-24-37(43)25-17-33)40-30-22-36(23-31-40)42(4,5)34-18-26-38(44)27-19-34/h16-31,43-44H,6-15,32H2,1-5H3/q-2. The van der Waals surface area contributed by atoms with Crippen molar-refractivity contribution in [2.24, 2.45) is 0 Å². The average molecular weight is 671 g/mol. The average Bonchev–Trinajstić information content (AvgIpc) is 3.08. The van der Waals surface area contributed by atoms with E-state index in [2.05, 4.69) is 34.6 Å².